The van der Waals surface area contributed by atoms with E-state index >= 15 is 0 Å². The number of hydrogen-bond donors (Lipinski definition) is 0. The minimum absolute atomic E-state index is 0.0163. The van der Waals surface area contributed by atoms with E-state index in [9.17, 15) is 9.59 Å². The maximum atomic E-state index is 13.0. The molecule has 158 valence electrons. The van der Waals surface area contributed by atoms with Crippen LogP contribution < -0.4 is 4.74 Å². The van der Waals surface area contributed by atoms with Gasteiger partial charge in [-0.15, -0.1) is 0 Å². The van der Waals surface area contributed by atoms with E-state index in [2.05, 4.69) is 11.8 Å². The molecule has 6 heteroatoms. The number of amides is 1. The first kappa shape index (κ1) is 20.2. The number of likely N-dealkylation sites (tertiary alicyclic amines) is 1. The first-order valence-electron chi connectivity index (χ1n) is 10.8. The Morgan fingerprint density at radius 3 is 2.72 bits per heavy atom. The number of benzene rings is 1. The third-order valence-corrected chi connectivity index (χ3v) is 7.16. The normalized spacial score (nSPS) is 29.0. The lowest BCUT2D eigenvalue weighted by Gasteiger charge is -2.37. The van der Waals surface area contributed by atoms with E-state index in [4.69, 9.17) is 9.47 Å². The third kappa shape index (κ3) is 3.75. The summed E-state index contributed by atoms with van der Waals surface area (Å²) >= 11 is 0. The number of carbonyl (C=O) groups excluding carboxylic acids is 2. The van der Waals surface area contributed by atoms with Crippen LogP contribution in [-0.4, -0.2) is 61.5 Å². The van der Waals surface area contributed by atoms with Crippen molar-refractivity contribution < 1.29 is 19.1 Å². The molecule has 29 heavy (non-hydrogen) atoms. The van der Waals surface area contributed by atoms with Gasteiger partial charge in [0.25, 0.3) is 0 Å². The largest absolute Gasteiger partial charge is 0.497 e. The molecular weight excluding hydrogens is 368 g/mol. The molecule has 1 amide bonds. The quantitative estimate of drug-likeness (QED) is 0.711. The van der Waals surface area contributed by atoms with Crippen molar-refractivity contribution >= 4 is 11.9 Å². The van der Waals surface area contributed by atoms with Gasteiger partial charge in [-0.25, -0.2) is 4.79 Å². The van der Waals surface area contributed by atoms with E-state index in [-0.39, 0.29) is 17.8 Å². The van der Waals surface area contributed by atoms with Gasteiger partial charge >= 0.3 is 5.97 Å². The van der Waals surface area contributed by atoms with Gasteiger partial charge in [0.2, 0.25) is 5.91 Å². The smallest absolute Gasteiger partial charge is 0.339 e. The summed E-state index contributed by atoms with van der Waals surface area (Å²) in [6.07, 6.45) is 5.42. The van der Waals surface area contributed by atoms with Crippen LogP contribution in [0.15, 0.2) is 18.2 Å². The molecule has 1 saturated heterocycles. The summed E-state index contributed by atoms with van der Waals surface area (Å²) in [7, 11) is 3.51. The lowest BCUT2D eigenvalue weighted by Crippen LogP contribution is -2.42. The predicted molar refractivity (Wildman–Crippen MR) is 110 cm³/mol. The summed E-state index contributed by atoms with van der Waals surface area (Å²) in [6.45, 7) is 5.14. The summed E-state index contributed by atoms with van der Waals surface area (Å²) in [4.78, 5) is 29.7. The van der Waals surface area contributed by atoms with Gasteiger partial charge in [-0.05, 0) is 64.1 Å². The molecular formula is C23H32N2O4. The molecule has 0 N–H and O–H groups in total. The average molecular weight is 401 g/mol. The Hall–Kier alpha value is -2.08. The molecule has 1 aliphatic carbocycles. The number of carbonyl (C=O) groups is 2. The monoisotopic (exact) mass is 400 g/mol. The van der Waals surface area contributed by atoms with Crippen LogP contribution in [0.2, 0.25) is 0 Å². The summed E-state index contributed by atoms with van der Waals surface area (Å²) in [5.41, 5.74) is 0.982. The van der Waals surface area contributed by atoms with Crippen LogP contribution in [-0.2, 0) is 15.1 Å². The third-order valence-electron chi connectivity index (χ3n) is 7.16. The summed E-state index contributed by atoms with van der Waals surface area (Å²) < 4.78 is 11.1. The topological polar surface area (TPSA) is 59.1 Å². The van der Waals surface area contributed by atoms with Crippen molar-refractivity contribution in [3.8, 4) is 5.75 Å². The van der Waals surface area contributed by atoms with E-state index in [0.29, 0.717) is 30.2 Å². The molecule has 0 aromatic heterocycles. The van der Waals surface area contributed by atoms with Crippen molar-refractivity contribution in [3.05, 3.63) is 29.3 Å². The fourth-order valence-corrected chi connectivity index (χ4v) is 5.23. The van der Waals surface area contributed by atoms with Crippen molar-refractivity contribution in [2.24, 2.45) is 5.92 Å². The Balaban J connectivity index is 1.36. The fraction of sp³-hybridized carbons (Fsp3) is 0.652. The minimum Gasteiger partial charge on any atom is -0.497 e. The van der Waals surface area contributed by atoms with Crippen LogP contribution in [0, 0.1) is 5.92 Å². The maximum absolute atomic E-state index is 13.0. The second-order valence-corrected chi connectivity index (χ2v) is 8.86. The molecule has 2 aliphatic heterocycles. The first-order valence-corrected chi connectivity index (χ1v) is 10.8. The number of rotatable bonds is 5. The highest BCUT2D eigenvalue weighted by Gasteiger charge is 2.48. The molecule has 1 spiro atoms. The first-order chi connectivity index (χ1) is 13.9. The lowest BCUT2D eigenvalue weighted by molar-refractivity contribution is -0.137. The van der Waals surface area contributed by atoms with Crippen LogP contribution in [0.4, 0.5) is 0 Å². The molecule has 1 saturated carbocycles. The van der Waals surface area contributed by atoms with Crippen LogP contribution >= 0.6 is 0 Å². The zero-order chi connectivity index (χ0) is 20.6. The molecule has 0 radical (unpaired) electrons. The van der Waals surface area contributed by atoms with E-state index in [0.717, 1.165) is 38.0 Å². The SMILES string of the molecule is COc1ccc2c(c1)C(=O)OC21CCC(C(=O)N(C)CCN2CCC[C@H]2C)CC1. The number of fused-ring (bicyclic) bond motifs is 2. The molecule has 0 bridgehead atoms. The Bertz CT molecular complexity index is 785. The van der Waals surface area contributed by atoms with Crippen molar-refractivity contribution in [2.45, 2.75) is 57.1 Å². The summed E-state index contributed by atoms with van der Waals surface area (Å²) in [6, 6.07) is 6.22. The second kappa shape index (κ2) is 7.98. The van der Waals surface area contributed by atoms with Gasteiger partial charge in [0.1, 0.15) is 11.4 Å². The lowest BCUT2D eigenvalue weighted by atomic mass is 9.74. The van der Waals surface area contributed by atoms with Gasteiger partial charge in [0.05, 0.1) is 12.7 Å². The minimum atomic E-state index is -0.570. The summed E-state index contributed by atoms with van der Waals surface area (Å²) in [5, 5.41) is 0. The van der Waals surface area contributed by atoms with E-state index in [1.54, 1.807) is 13.2 Å². The van der Waals surface area contributed by atoms with E-state index in [1.807, 2.05) is 24.1 Å². The second-order valence-electron chi connectivity index (χ2n) is 8.86. The molecule has 2 fully saturated rings. The molecule has 0 unspecified atom stereocenters. The van der Waals surface area contributed by atoms with Crippen LogP contribution in [0.5, 0.6) is 5.75 Å². The van der Waals surface area contributed by atoms with Crippen LogP contribution in [0.3, 0.4) is 0 Å². The number of ether oxygens (including phenoxy) is 2. The highest BCUT2D eigenvalue weighted by molar-refractivity contribution is 5.95. The van der Waals surface area contributed by atoms with Crippen molar-refractivity contribution in [2.75, 3.05) is 33.8 Å². The van der Waals surface area contributed by atoms with Crippen LogP contribution in [0.25, 0.3) is 0 Å². The predicted octanol–water partition coefficient (Wildman–Crippen LogP) is 3.19. The molecule has 3 aliphatic rings. The zero-order valence-corrected chi connectivity index (χ0v) is 17.8. The van der Waals surface area contributed by atoms with Gasteiger partial charge in [0, 0.05) is 37.7 Å². The Morgan fingerprint density at radius 1 is 1.31 bits per heavy atom. The van der Waals surface area contributed by atoms with Gasteiger partial charge < -0.3 is 14.4 Å². The Labute approximate surface area is 173 Å². The molecule has 1 aromatic rings. The Kier molecular flexibility index (Phi) is 5.56. The van der Waals surface area contributed by atoms with E-state index < -0.39 is 5.60 Å². The molecule has 4 rings (SSSR count). The van der Waals surface area contributed by atoms with Crippen molar-refractivity contribution in [1.82, 2.24) is 9.80 Å². The summed E-state index contributed by atoms with van der Waals surface area (Å²) in [5.74, 6) is 0.629. The maximum Gasteiger partial charge on any atom is 0.339 e. The van der Waals surface area contributed by atoms with Gasteiger partial charge in [-0.1, -0.05) is 6.07 Å². The number of methoxy groups -OCH3 is 1. The highest BCUT2D eigenvalue weighted by atomic mass is 16.6. The fourth-order valence-electron chi connectivity index (χ4n) is 5.23. The number of hydrogen-bond acceptors (Lipinski definition) is 5. The molecule has 6 nitrogen and oxygen atoms in total. The van der Waals surface area contributed by atoms with Gasteiger partial charge in [0.15, 0.2) is 0 Å². The molecule has 1 aromatic carbocycles. The van der Waals surface area contributed by atoms with Gasteiger partial charge in [-0.2, -0.15) is 0 Å². The number of esters is 1. The number of nitrogens with zero attached hydrogens (tertiary/aromatic N) is 2. The van der Waals surface area contributed by atoms with Gasteiger partial charge in [-0.3, -0.25) is 9.69 Å². The van der Waals surface area contributed by atoms with Crippen molar-refractivity contribution in [3.63, 3.8) is 0 Å². The van der Waals surface area contributed by atoms with Crippen molar-refractivity contribution in [1.29, 1.82) is 0 Å². The van der Waals surface area contributed by atoms with Crippen LogP contribution in [0.1, 0.15) is 61.4 Å². The highest BCUT2D eigenvalue weighted by Crippen LogP contribution is 2.49. The zero-order valence-electron chi connectivity index (χ0n) is 17.8. The molecule has 2 heterocycles. The average Bonchev–Trinajstić information content (AvgIpc) is 3.26. The Morgan fingerprint density at radius 2 is 2.07 bits per heavy atom. The molecule has 1 atom stereocenters. The van der Waals surface area contributed by atoms with E-state index in [1.165, 1.54) is 12.8 Å². The number of likely N-dealkylation sites (N-methyl/N-ethyl adjacent to an activating group) is 1. The standard InChI is InChI=1S/C23H32N2O4/c1-16-5-4-12-25(16)14-13-24(2)21(26)17-8-10-23(11-9-17)20-7-6-18(28-3)15-19(20)22(27)29-23/h6-7,15-17H,4-5,8-14H2,1-3H3/t16-,17?,23?/m1/s1.